The molecule has 2 aromatic carbocycles. The maximum Gasteiger partial charge on any atom is 0.410 e. The molecule has 4 aliphatic rings. The molecular formula is C56H71F2N7O7Si. The largest absolute Gasteiger partial charge is 0.481 e. The summed E-state index contributed by atoms with van der Waals surface area (Å²) in [4.78, 5) is 46.5. The van der Waals surface area contributed by atoms with Gasteiger partial charge in [0, 0.05) is 42.3 Å². The number of aliphatic carboxylic acids is 1. The van der Waals surface area contributed by atoms with Gasteiger partial charge in [0.05, 0.1) is 28.6 Å². The van der Waals surface area contributed by atoms with Crippen LogP contribution in [0.15, 0.2) is 47.1 Å². The minimum absolute atomic E-state index is 0.0124. The molecule has 0 spiro atoms. The fourth-order valence-electron chi connectivity index (χ4n) is 12.9. The second-order valence-electron chi connectivity index (χ2n) is 23.1. The fraction of sp³-hybridized carbons (Fsp3) is 0.571. The molecule has 390 valence electrons. The molecular weight excluding hydrogens is 949 g/mol. The Bertz CT molecular complexity index is 2930. The molecule has 5 atom stereocenters. The molecule has 0 saturated carbocycles. The third-order valence-corrected chi connectivity index (χ3v) is 22.5. The van der Waals surface area contributed by atoms with Crippen LogP contribution < -0.4 is 14.4 Å². The number of carbonyl (C=O) groups is 2. The Labute approximate surface area is 428 Å². The SMILES string of the molecule is CC(C)C(C(=O)O)c1cc(OC[C@@H]2CC[C@]3(COc4nc(N5CC6CCC(C5)N6C(=O)OC(C)(C)C)c5cnc(-c6cccc7ccc(F)c(C#C[Si](C(C)C)(C(C)C)C(C)C)c67)c(F)c5n4)CCCN23)no1. The van der Waals surface area contributed by atoms with Crippen LogP contribution in [0.2, 0.25) is 16.6 Å². The Hall–Kier alpha value is -5.86. The van der Waals surface area contributed by atoms with E-state index in [-0.39, 0.29) is 76.7 Å². The van der Waals surface area contributed by atoms with E-state index in [0.717, 1.165) is 45.1 Å². The molecule has 0 aliphatic carbocycles. The average Bonchev–Trinajstić information content (AvgIpc) is 4.10. The Morgan fingerprint density at radius 3 is 2.32 bits per heavy atom. The van der Waals surface area contributed by atoms with Crippen LogP contribution in [0.1, 0.15) is 132 Å². The molecule has 3 aromatic heterocycles. The van der Waals surface area contributed by atoms with Crippen LogP contribution in [-0.2, 0) is 9.53 Å². The van der Waals surface area contributed by atoms with Crippen LogP contribution in [0.25, 0.3) is 32.9 Å². The second-order valence-corrected chi connectivity index (χ2v) is 28.7. The van der Waals surface area contributed by atoms with Crippen molar-refractivity contribution in [3.63, 3.8) is 0 Å². The molecule has 4 saturated heterocycles. The molecule has 1 N–H and O–H groups in total. The van der Waals surface area contributed by atoms with Crippen LogP contribution in [0, 0.1) is 29.0 Å². The molecule has 4 fully saturated rings. The first-order chi connectivity index (χ1) is 34.6. The van der Waals surface area contributed by atoms with Gasteiger partial charge in [-0.1, -0.05) is 85.6 Å². The van der Waals surface area contributed by atoms with Gasteiger partial charge in [0.25, 0.3) is 5.88 Å². The first kappa shape index (κ1) is 52.0. The maximum absolute atomic E-state index is 17.9. The number of piperazine rings is 1. The predicted molar refractivity (Wildman–Crippen MR) is 280 cm³/mol. The third kappa shape index (κ3) is 9.74. The van der Waals surface area contributed by atoms with E-state index in [1.807, 2.05) is 51.7 Å². The topological polar surface area (TPSA) is 156 Å². The summed E-state index contributed by atoms with van der Waals surface area (Å²) < 4.78 is 58.3. The highest BCUT2D eigenvalue weighted by Gasteiger charge is 2.51. The first-order valence-corrected chi connectivity index (χ1v) is 28.4. The van der Waals surface area contributed by atoms with Crippen molar-refractivity contribution in [2.45, 2.75) is 166 Å². The highest BCUT2D eigenvalue weighted by molar-refractivity contribution is 6.90. The lowest BCUT2D eigenvalue weighted by molar-refractivity contribution is -0.140. The van der Waals surface area contributed by atoms with E-state index in [9.17, 15) is 14.7 Å². The van der Waals surface area contributed by atoms with Gasteiger partial charge in [0.15, 0.2) is 11.6 Å². The van der Waals surface area contributed by atoms with Crippen molar-refractivity contribution >= 4 is 47.6 Å². The number of amides is 1. The van der Waals surface area contributed by atoms with Gasteiger partial charge >= 0.3 is 18.1 Å². The molecule has 3 unspecified atom stereocenters. The number of pyridine rings is 1. The van der Waals surface area contributed by atoms with Crippen LogP contribution in [0.5, 0.6) is 11.9 Å². The summed E-state index contributed by atoms with van der Waals surface area (Å²) in [5.41, 5.74) is 4.31. The Kier molecular flexibility index (Phi) is 14.3. The van der Waals surface area contributed by atoms with Crippen molar-refractivity contribution < 1.29 is 42.2 Å². The van der Waals surface area contributed by atoms with Crippen molar-refractivity contribution in [2.24, 2.45) is 5.92 Å². The standard InChI is InChI=1S/C56H71F2N7O7Si/c1-32(2)46(52(66)67)44-26-45(62-72-44)69-30-39-20-23-56(22-13-24-64(39)56)31-70-53-60-50-42(51(61-53)63-28-37-17-18-38(29-63)65(37)54(68)71-55(9,10)11)27-59-49(48(50)58)41-15-12-14-36-16-19-43(57)40(47(36)41)21-25-73(33(3)4,34(5)6)35(7)8/h12,14-16,19,26-27,32-35,37-39,46H,13,17-18,20,22-24,28-31H2,1-11H3,(H,66,67)/t37?,38?,39-,46?,56-/m0/s1. The number of benzene rings is 2. The maximum atomic E-state index is 17.9. The van der Waals surface area contributed by atoms with Crippen LogP contribution in [-0.4, -0.2) is 117 Å². The summed E-state index contributed by atoms with van der Waals surface area (Å²) in [6.07, 6.45) is 6.26. The van der Waals surface area contributed by atoms with Crippen molar-refractivity contribution in [2.75, 3.05) is 37.7 Å². The van der Waals surface area contributed by atoms with E-state index in [1.54, 1.807) is 24.4 Å². The van der Waals surface area contributed by atoms with Gasteiger partial charge in [-0.25, -0.2) is 13.6 Å². The van der Waals surface area contributed by atoms with Gasteiger partial charge in [-0.15, -0.1) is 5.54 Å². The Morgan fingerprint density at radius 1 is 0.945 bits per heavy atom. The highest BCUT2D eigenvalue weighted by Crippen LogP contribution is 2.45. The quantitative estimate of drug-likeness (QED) is 0.0829. The summed E-state index contributed by atoms with van der Waals surface area (Å²) >= 11 is 0. The number of carboxylic acids is 1. The number of ether oxygens (including phenoxy) is 3. The zero-order valence-corrected chi connectivity index (χ0v) is 45.2. The van der Waals surface area contributed by atoms with Gasteiger partial charge in [0.1, 0.15) is 55.7 Å². The van der Waals surface area contributed by atoms with Crippen molar-refractivity contribution in [1.29, 1.82) is 0 Å². The first-order valence-electron chi connectivity index (χ1n) is 26.2. The molecule has 17 heteroatoms. The normalized spacial score (nSPS) is 21.7. The highest BCUT2D eigenvalue weighted by atomic mass is 28.3. The Morgan fingerprint density at radius 2 is 1.66 bits per heavy atom. The van der Waals surface area contributed by atoms with E-state index < -0.39 is 37.2 Å². The predicted octanol–water partition coefficient (Wildman–Crippen LogP) is 11.5. The lowest BCUT2D eigenvalue weighted by Crippen LogP contribution is -2.57. The smallest absolute Gasteiger partial charge is 0.410 e. The van der Waals surface area contributed by atoms with E-state index in [0.29, 0.717) is 63.9 Å². The third-order valence-electron chi connectivity index (χ3n) is 16.2. The van der Waals surface area contributed by atoms with Crippen molar-refractivity contribution in [1.82, 2.24) is 29.9 Å². The number of rotatable bonds is 14. The molecule has 14 nitrogen and oxygen atoms in total. The average molecular weight is 1020 g/mol. The second kappa shape index (κ2) is 20.1. The summed E-state index contributed by atoms with van der Waals surface area (Å²) in [5.74, 6) is 1.14. The summed E-state index contributed by atoms with van der Waals surface area (Å²) in [6.45, 7) is 24.8. The van der Waals surface area contributed by atoms with Gasteiger partial charge in [-0.05, 0) is 105 Å². The number of fused-ring (bicyclic) bond motifs is 5. The van der Waals surface area contributed by atoms with Crippen LogP contribution in [0.4, 0.5) is 19.4 Å². The zero-order chi connectivity index (χ0) is 52.3. The molecule has 73 heavy (non-hydrogen) atoms. The number of carbonyl (C=O) groups excluding carboxylic acids is 1. The number of carboxylic acid groups (broad SMARTS) is 1. The lowest BCUT2D eigenvalue weighted by Gasteiger charge is -2.42. The summed E-state index contributed by atoms with van der Waals surface area (Å²) in [5, 5.41) is 15.4. The van der Waals surface area contributed by atoms with E-state index in [4.69, 9.17) is 33.7 Å². The van der Waals surface area contributed by atoms with Gasteiger partial charge in [0.2, 0.25) is 0 Å². The summed E-state index contributed by atoms with van der Waals surface area (Å²) in [7, 11) is -2.29. The van der Waals surface area contributed by atoms with Gasteiger partial charge in [-0.3, -0.25) is 19.6 Å². The van der Waals surface area contributed by atoms with E-state index in [2.05, 4.69) is 68.0 Å². The van der Waals surface area contributed by atoms with Crippen molar-refractivity contribution in [3.05, 3.63) is 65.6 Å². The molecule has 1 amide bonds. The number of anilines is 1. The zero-order valence-electron chi connectivity index (χ0n) is 44.2. The number of nitrogens with zero attached hydrogens (tertiary/aromatic N) is 7. The molecule has 7 heterocycles. The minimum atomic E-state index is -2.29. The van der Waals surface area contributed by atoms with Crippen LogP contribution in [0.3, 0.4) is 0 Å². The molecule has 5 aromatic rings. The molecule has 9 rings (SSSR count). The van der Waals surface area contributed by atoms with E-state index in [1.165, 1.54) is 6.07 Å². The van der Waals surface area contributed by atoms with Gasteiger partial charge < -0.3 is 28.7 Å². The lowest BCUT2D eigenvalue weighted by atomic mass is 9.94. The Balaban J connectivity index is 1.07. The number of halogens is 2. The number of hydrogen-bond acceptors (Lipinski definition) is 12. The molecule has 4 aliphatic heterocycles. The van der Waals surface area contributed by atoms with Crippen molar-refractivity contribution in [3.8, 4) is 34.6 Å². The van der Waals surface area contributed by atoms with Gasteiger partial charge in [-0.2, -0.15) is 9.97 Å². The van der Waals surface area contributed by atoms with Crippen LogP contribution >= 0.6 is 0 Å². The van der Waals surface area contributed by atoms with E-state index >= 15 is 8.78 Å². The fourth-order valence-corrected chi connectivity index (χ4v) is 18.1. The summed E-state index contributed by atoms with van der Waals surface area (Å²) in [6, 6.07) is 9.91. The molecule has 0 radical (unpaired) electrons. The number of aromatic nitrogens is 4. The number of hydrogen-bond donors (Lipinski definition) is 1. The monoisotopic (exact) mass is 1020 g/mol. The minimum Gasteiger partial charge on any atom is -0.481 e. The molecule has 2 bridgehead atoms.